The van der Waals surface area contributed by atoms with Crippen molar-refractivity contribution in [2.45, 2.75) is 19.5 Å². The van der Waals surface area contributed by atoms with Gasteiger partial charge < -0.3 is 11.1 Å². The molecule has 3 N–H and O–H groups in total. The summed E-state index contributed by atoms with van der Waals surface area (Å²) in [7, 11) is 0. The average molecular weight is 289 g/mol. The van der Waals surface area contributed by atoms with Gasteiger partial charge in [0.05, 0.1) is 0 Å². The van der Waals surface area contributed by atoms with Crippen LogP contribution in [0.4, 0.5) is 0 Å². The number of carbonyl (C=O) groups is 1. The van der Waals surface area contributed by atoms with E-state index in [0.29, 0.717) is 12.1 Å². The zero-order valence-corrected chi connectivity index (χ0v) is 12.0. The van der Waals surface area contributed by atoms with E-state index < -0.39 is 5.91 Å². The fourth-order valence-corrected chi connectivity index (χ4v) is 2.20. The van der Waals surface area contributed by atoms with E-state index in [0.717, 1.165) is 16.1 Å². The summed E-state index contributed by atoms with van der Waals surface area (Å²) in [5, 5.41) is 4.13. The molecule has 0 spiro atoms. The van der Waals surface area contributed by atoms with Crippen LogP contribution in [0.2, 0.25) is 5.02 Å². The Kier molecular flexibility index (Phi) is 4.77. The molecule has 4 heteroatoms. The number of hydrogen-bond donors (Lipinski definition) is 2. The van der Waals surface area contributed by atoms with Crippen LogP contribution in [0.15, 0.2) is 48.5 Å². The van der Waals surface area contributed by atoms with Gasteiger partial charge in [0, 0.05) is 23.2 Å². The minimum Gasteiger partial charge on any atom is -0.366 e. The number of amides is 1. The fourth-order valence-electron chi connectivity index (χ4n) is 2.00. The van der Waals surface area contributed by atoms with Crippen molar-refractivity contribution in [3.05, 3.63) is 70.2 Å². The molecule has 1 amide bonds. The summed E-state index contributed by atoms with van der Waals surface area (Å²) < 4.78 is 0. The van der Waals surface area contributed by atoms with Crippen LogP contribution < -0.4 is 11.1 Å². The molecule has 0 fully saturated rings. The number of nitrogens with two attached hydrogens (primary N) is 1. The molecule has 0 aliphatic carbocycles. The summed E-state index contributed by atoms with van der Waals surface area (Å²) in [6.45, 7) is 2.73. The van der Waals surface area contributed by atoms with E-state index in [2.05, 4.69) is 12.2 Å². The molecule has 1 atom stereocenters. The summed E-state index contributed by atoms with van der Waals surface area (Å²) in [4.78, 5) is 11.1. The van der Waals surface area contributed by atoms with Gasteiger partial charge in [0.2, 0.25) is 5.91 Å². The topological polar surface area (TPSA) is 55.1 Å². The number of nitrogens with one attached hydrogen (secondary N) is 1. The van der Waals surface area contributed by atoms with Crippen LogP contribution in [-0.2, 0) is 6.54 Å². The lowest BCUT2D eigenvalue weighted by atomic mass is 10.1. The summed E-state index contributed by atoms with van der Waals surface area (Å²) >= 11 is 5.98. The Morgan fingerprint density at radius 2 is 2.00 bits per heavy atom. The SMILES string of the molecule is C[C@@H](NCc1cccc(C(N)=O)c1)c1cccc(Cl)c1. The molecular weight excluding hydrogens is 272 g/mol. The molecular formula is C16H17ClN2O. The summed E-state index contributed by atoms with van der Waals surface area (Å²) in [6, 6.07) is 15.3. The third kappa shape index (κ3) is 3.83. The maximum atomic E-state index is 11.1. The van der Waals surface area contributed by atoms with Crippen molar-refractivity contribution in [1.82, 2.24) is 5.32 Å². The molecule has 0 saturated heterocycles. The van der Waals surface area contributed by atoms with Crippen LogP contribution in [0, 0.1) is 0 Å². The van der Waals surface area contributed by atoms with Crippen molar-refractivity contribution in [2.24, 2.45) is 5.73 Å². The second-order valence-corrected chi connectivity index (χ2v) is 5.16. The molecule has 2 rings (SSSR count). The van der Waals surface area contributed by atoms with E-state index in [1.165, 1.54) is 0 Å². The third-order valence-corrected chi connectivity index (χ3v) is 3.41. The highest BCUT2D eigenvalue weighted by Crippen LogP contribution is 2.17. The highest BCUT2D eigenvalue weighted by atomic mass is 35.5. The molecule has 20 heavy (non-hydrogen) atoms. The minimum absolute atomic E-state index is 0.172. The van der Waals surface area contributed by atoms with E-state index in [1.54, 1.807) is 12.1 Å². The molecule has 0 heterocycles. The Bertz CT molecular complexity index is 613. The average Bonchev–Trinajstić information content (AvgIpc) is 2.45. The summed E-state index contributed by atoms with van der Waals surface area (Å²) in [6.07, 6.45) is 0. The number of rotatable bonds is 5. The molecule has 2 aromatic rings. The van der Waals surface area contributed by atoms with Crippen molar-refractivity contribution in [3.8, 4) is 0 Å². The maximum Gasteiger partial charge on any atom is 0.248 e. The highest BCUT2D eigenvalue weighted by Gasteiger charge is 2.06. The molecule has 2 aromatic carbocycles. The number of primary amides is 1. The van der Waals surface area contributed by atoms with Crippen molar-refractivity contribution in [1.29, 1.82) is 0 Å². The number of benzene rings is 2. The van der Waals surface area contributed by atoms with Crippen LogP contribution in [0.25, 0.3) is 0 Å². The molecule has 0 saturated carbocycles. The molecule has 0 aliphatic heterocycles. The van der Waals surface area contributed by atoms with E-state index in [1.807, 2.05) is 36.4 Å². The van der Waals surface area contributed by atoms with E-state index in [9.17, 15) is 4.79 Å². The van der Waals surface area contributed by atoms with E-state index >= 15 is 0 Å². The van der Waals surface area contributed by atoms with Gasteiger partial charge in [-0.1, -0.05) is 35.9 Å². The smallest absolute Gasteiger partial charge is 0.248 e. The normalized spacial score (nSPS) is 12.1. The van der Waals surface area contributed by atoms with Crippen LogP contribution in [-0.4, -0.2) is 5.91 Å². The van der Waals surface area contributed by atoms with Crippen LogP contribution >= 0.6 is 11.6 Å². The molecule has 0 unspecified atom stereocenters. The van der Waals surface area contributed by atoms with Crippen molar-refractivity contribution >= 4 is 17.5 Å². The van der Waals surface area contributed by atoms with Gasteiger partial charge in [-0.2, -0.15) is 0 Å². The molecule has 0 radical (unpaired) electrons. The van der Waals surface area contributed by atoms with Gasteiger partial charge in [-0.25, -0.2) is 0 Å². The molecule has 104 valence electrons. The van der Waals surface area contributed by atoms with Crippen LogP contribution in [0.1, 0.15) is 34.5 Å². The van der Waals surface area contributed by atoms with Gasteiger partial charge in [0.15, 0.2) is 0 Å². The Morgan fingerprint density at radius 3 is 2.70 bits per heavy atom. The molecule has 0 bridgehead atoms. The monoisotopic (exact) mass is 288 g/mol. The van der Waals surface area contributed by atoms with Gasteiger partial charge in [-0.3, -0.25) is 4.79 Å². The second kappa shape index (κ2) is 6.55. The maximum absolute atomic E-state index is 11.1. The fraction of sp³-hybridized carbons (Fsp3) is 0.188. The standard InChI is InChI=1S/C16H17ClN2O/c1-11(13-5-3-7-15(17)9-13)19-10-12-4-2-6-14(8-12)16(18)20/h2-9,11,19H,10H2,1H3,(H2,18,20)/t11-/m1/s1. The highest BCUT2D eigenvalue weighted by molar-refractivity contribution is 6.30. The minimum atomic E-state index is -0.408. The van der Waals surface area contributed by atoms with Crippen molar-refractivity contribution in [3.63, 3.8) is 0 Å². The molecule has 3 nitrogen and oxygen atoms in total. The van der Waals surface area contributed by atoms with Crippen LogP contribution in [0.3, 0.4) is 0 Å². The van der Waals surface area contributed by atoms with Crippen molar-refractivity contribution < 1.29 is 4.79 Å². The van der Waals surface area contributed by atoms with Crippen molar-refractivity contribution in [2.75, 3.05) is 0 Å². The summed E-state index contributed by atoms with van der Waals surface area (Å²) in [5.41, 5.74) is 7.95. The summed E-state index contributed by atoms with van der Waals surface area (Å²) in [5.74, 6) is -0.408. The first-order valence-electron chi connectivity index (χ1n) is 6.44. The number of hydrogen-bond acceptors (Lipinski definition) is 2. The molecule has 0 aliphatic rings. The van der Waals surface area contributed by atoms with Gasteiger partial charge in [0.25, 0.3) is 0 Å². The first kappa shape index (κ1) is 14.6. The predicted molar refractivity (Wildman–Crippen MR) is 81.7 cm³/mol. The lowest BCUT2D eigenvalue weighted by Crippen LogP contribution is -2.18. The van der Waals surface area contributed by atoms with Gasteiger partial charge in [0.1, 0.15) is 0 Å². The lowest BCUT2D eigenvalue weighted by Gasteiger charge is -2.15. The zero-order valence-electron chi connectivity index (χ0n) is 11.3. The van der Waals surface area contributed by atoms with Gasteiger partial charge in [-0.05, 0) is 42.3 Å². The Labute approximate surface area is 123 Å². The second-order valence-electron chi connectivity index (χ2n) is 4.72. The molecule has 0 aromatic heterocycles. The zero-order chi connectivity index (χ0) is 14.5. The Hall–Kier alpha value is -1.84. The largest absolute Gasteiger partial charge is 0.366 e. The first-order valence-corrected chi connectivity index (χ1v) is 6.81. The quantitative estimate of drug-likeness (QED) is 0.887. The number of halogens is 1. The Morgan fingerprint density at radius 1 is 1.25 bits per heavy atom. The Balaban J connectivity index is 2.01. The predicted octanol–water partition coefficient (Wildman–Crippen LogP) is 3.29. The van der Waals surface area contributed by atoms with Gasteiger partial charge >= 0.3 is 0 Å². The number of carbonyl (C=O) groups excluding carboxylic acids is 1. The van der Waals surface area contributed by atoms with Gasteiger partial charge in [-0.15, -0.1) is 0 Å². The van der Waals surface area contributed by atoms with E-state index in [-0.39, 0.29) is 6.04 Å². The van der Waals surface area contributed by atoms with Crippen LogP contribution in [0.5, 0.6) is 0 Å². The van der Waals surface area contributed by atoms with E-state index in [4.69, 9.17) is 17.3 Å². The first-order chi connectivity index (χ1) is 9.56. The third-order valence-electron chi connectivity index (χ3n) is 3.17. The lowest BCUT2D eigenvalue weighted by molar-refractivity contribution is 0.1000.